The molecule has 0 bridgehead atoms. The van der Waals surface area contributed by atoms with E-state index in [4.69, 9.17) is 10.2 Å². The van der Waals surface area contributed by atoms with Gasteiger partial charge in [0.1, 0.15) is 29.0 Å². The molecule has 0 fully saturated rings. The van der Waals surface area contributed by atoms with Crippen molar-refractivity contribution in [3.8, 4) is 0 Å². The smallest absolute Gasteiger partial charge is 0.141 e. The van der Waals surface area contributed by atoms with Crippen molar-refractivity contribution in [2.45, 2.75) is 6.04 Å². The van der Waals surface area contributed by atoms with Crippen LogP contribution in [0.5, 0.6) is 0 Å². The number of rotatable bonds is 2. The van der Waals surface area contributed by atoms with E-state index < -0.39 is 11.9 Å². The molecule has 0 aliphatic heterocycles. The molecule has 2 N–H and O–H groups in total. The monoisotopic (exact) mass is 260 g/mol. The zero-order valence-electron chi connectivity index (χ0n) is 9.81. The molecule has 0 aliphatic carbocycles. The highest BCUT2D eigenvalue weighted by Crippen LogP contribution is 2.26. The number of fused-ring (bicyclic) bond motifs is 1. The number of pyridine rings is 1. The third kappa shape index (κ3) is 2.20. The second-order valence-corrected chi connectivity index (χ2v) is 4.21. The van der Waals surface area contributed by atoms with E-state index in [-0.39, 0.29) is 5.82 Å². The zero-order chi connectivity index (χ0) is 13.4. The highest BCUT2D eigenvalue weighted by atomic mass is 19.1. The van der Waals surface area contributed by atoms with E-state index in [9.17, 15) is 8.78 Å². The van der Waals surface area contributed by atoms with Crippen LogP contribution in [0.25, 0.3) is 11.0 Å². The van der Waals surface area contributed by atoms with Crippen LogP contribution in [0, 0.1) is 11.6 Å². The van der Waals surface area contributed by atoms with Crippen molar-refractivity contribution in [2.24, 2.45) is 5.73 Å². The second kappa shape index (κ2) is 4.44. The zero-order valence-corrected chi connectivity index (χ0v) is 9.81. The van der Waals surface area contributed by atoms with E-state index >= 15 is 0 Å². The molecule has 96 valence electrons. The van der Waals surface area contributed by atoms with Crippen molar-refractivity contribution in [1.29, 1.82) is 0 Å². The molecule has 2 heterocycles. The van der Waals surface area contributed by atoms with E-state index in [2.05, 4.69) is 4.98 Å². The van der Waals surface area contributed by atoms with Crippen molar-refractivity contribution in [3.63, 3.8) is 0 Å². The minimum absolute atomic E-state index is 0.340. The lowest BCUT2D eigenvalue weighted by Crippen LogP contribution is -2.12. The molecule has 1 aromatic carbocycles. The Morgan fingerprint density at radius 3 is 2.58 bits per heavy atom. The Kier molecular flexibility index (Phi) is 2.76. The summed E-state index contributed by atoms with van der Waals surface area (Å²) in [6.45, 7) is 0. The quantitative estimate of drug-likeness (QED) is 0.770. The molecular weight excluding hydrogens is 250 g/mol. The lowest BCUT2D eigenvalue weighted by atomic mass is 10.1. The number of benzene rings is 1. The summed E-state index contributed by atoms with van der Waals surface area (Å²) < 4.78 is 31.4. The van der Waals surface area contributed by atoms with Gasteiger partial charge in [-0.15, -0.1) is 0 Å². The Labute approximate surface area is 107 Å². The summed E-state index contributed by atoms with van der Waals surface area (Å²) in [4.78, 5) is 3.91. The molecule has 3 rings (SSSR count). The predicted molar refractivity (Wildman–Crippen MR) is 66.4 cm³/mol. The van der Waals surface area contributed by atoms with Crippen molar-refractivity contribution >= 4 is 11.0 Å². The number of aromatic nitrogens is 1. The Hall–Kier alpha value is -2.27. The van der Waals surface area contributed by atoms with Crippen LogP contribution in [0.2, 0.25) is 0 Å². The lowest BCUT2D eigenvalue weighted by Gasteiger charge is -2.07. The largest absolute Gasteiger partial charge is 0.459 e. The summed E-state index contributed by atoms with van der Waals surface area (Å²) >= 11 is 0. The molecule has 19 heavy (non-hydrogen) atoms. The van der Waals surface area contributed by atoms with Gasteiger partial charge in [0, 0.05) is 5.39 Å². The van der Waals surface area contributed by atoms with Gasteiger partial charge in [0.2, 0.25) is 0 Å². The molecule has 0 radical (unpaired) electrons. The van der Waals surface area contributed by atoms with Crippen LogP contribution in [-0.4, -0.2) is 4.98 Å². The predicted octanol–water partition coefficient (Wildman–Crippen LogP) is 3.15. The van der Waals surface area contributed by atoms with Crippen LogP contribution in [0.4, 0.5) is 8.78 Å². The van der Waals surface area contributed by atoms with Crippen molar-refractivity contribution in [2.75, 3.05) is 0 Å². The Morgan fingerprint density at radius 1 is 1.05 bits per heavy atom. The Morgan fingerprint density at radius 2 is 1.84 bits per heavy atom. The summed E-state index contributed by atoms with van der Waals surface area (Å²) in [5, 5.41) is 0.632. The summed E-state index contributed by atoms with van der Waals surface area (Å²) in [5.41, 5.74) is 7.03. The first-order valence-corrected chi connectivity index (χ1v) is 5.69. The average molecular weight is 260 g/mol. The summed E-state index contributed by atoms with van der Waals surface area (Å²) in [7, 11) is 0. The van der Waals surface area contributed by atoms with Gasteiger partial charge in [-0.25, -0.2) is 8.78 Å². The minimum atomic E-state index is -0.615. The molecule has 0 spiro atoms. The third-order valence-electron chi connectivity index (χ3n) is 2.87. The normalized spacial score (nSPS) is 12.8. The molecule has 0 saturated heterocycles. The highest BCUT2D eigenvalue weighted by molar-refractivity contribution is 5.78. The van der Waals surface area contributed by atoms with Crippen LogP contribution < -0.4 is 5.73 Å². The van der Waals surface area contributed by atoms with E-state index in [1.54, 1.807) is 12.1 Å². The van der Waals surface area contributed by atoms with Gasteiger partial charge < -0.3 is 10.2 Å². The van der Waals surface area contributed by atoms with Gasteiger partial charge in [-0.2, -0.15) is 0 Å². The maximum Gasteiger partial charge on any atom is 0.141 e. The number of hydrogen-bond acceptors (Lipinski definition) is 3. The first-order valence-electron chi connectivity index (χ1n) is 5.69. The van der Waals surface area contributed by atoms with Crippen LogP contribution in [0.3, 0.4) is 0 Å². The van der Waals surface area contributed by atoms with Gasteiger partial charge in [0.25, 0.3) is 0 Å². The second-order valence-electron chi connectivity index (χ2n) is 4.21. The van der Waals surface area contributed by atoms with Gasteiger partial charge in [-0.3, -0.25) is 4.98 Å². The third-order valence-corrected chi connectivity index (χ3v) is 2.87. The van der Waals surface area contributed by atoms with E-state index in [0.29, 0.717) is 22.4 Å². The summed E-state index contributed by atoms with van der Waals surface area (Å²) in [6.07, 6.45) is 1.09. The van der Waals surface area contributed by atoms with Crippen LogP contribution >= 0.6 is 0 Å². The fourth-order valence-corrected chi connectivity index (χ4v) is 1.90. The topological polar surface area (TPSA) is 52.0 Å². The SMILES string of the molecule is NC(c1ccc(F)cn1)c1cc2cc(F)ccc2o1. The maximum atomic E-state index is 13.1. The van der Waals surface area contributed by atoms with E-state index in [0.717, 1.165) is 6.20 Å². The minimum Gasteiger partial charge on any atom is -0.459 e. The van der Waals surface area contributed by atoms with Gasteiger partial charge in [0.15, 0.2) is 0 Å². The molecule has 0 amide bonds. The van der Waals surface area contributed by atoms with Crippen molar-refractivity contribution in [1.82, 2.24) is 4.98 Å². The molecule has 1 unspecified atom stereocenters. The molecular formula is C14H10F2N2O. The van der Waals surface area contributed by atoms with Crippen molar-refractivity contribution < 1.29 is 13.2 Å². The van der Waals surface area contributed by atoms with Gasteiger partial charge >= 0.3 is 0 Å². The molecule has 3 aromatic rings. The van der Waals surface area contributed by atoms with Crippen LogP contribution in [0.1, 0.15) is 17.5 Å². The van der Waals surface area contributed by atoms with Gasteiger partial charge in [-0.05, 0) is 36.4 Å². The van der Waals surface area contributed by atoms with Gasteiger partial charge in [0.05, 0.1) is 11.9 Å². The fourth-order valence-electron chi connectivity index (χ4n) is 1.90. The van der Waals surface area contributed by atoms with E-state index in [1.165, 1.54) is 24.3 Å². The molecule has 0 saturated carbocycles. The molecule has 1 atom stereocenters. The number of halogens is 2. The van der Waals surface area contributed by atoms with Gasteiger partial charge in [-0.1, -0.05) is 0 Å². The highest BCUT2D eigenvalue weighted by Gasteiger charge is 2.15. The number of nitrogens with zero attached hydrogens (tertiary/aromatic N) is 1. The fraction of sp³-hybridized carbons (Fsp3) is 0.0714. The number of furan rings is 1. The number of nitrogens with two attached hydrogens (primary N) is 1. The molecule has 0 aliphatic rings. The molecule has 2 aromatic heterocycles. The first-order chi connectivity index (χ1) is 9.13. The average Bonchev–Trinajstić information content (AvgIpc) is 2.81. The van der Waals surface area contributed by atoms with Crippen LogP contribution in [0.15, 0.2) is 47.0 Å². The van der Waals surface area contributed by atoms with Crippen molar-refractivity contribution in [3.05, 3.63) is 65.7 Å². The lowest BCUT2D eigenvalue weighted by molar-refractivity contribution is 0.518. The van der Waals surface area contributed by atoms with E-state index in [1.807, 2.05) is 0 Å². The molecule has 3 nitrogen and oxygen atoms in total. The summed E-state index contributed by atoms with van der Waals surface area (Å²) in [6, 6.07) is 8.05. The summed E-state index contributed by atoms with van der Waals surface area (Å²) in [5.74, 6) is -0.310. The standard InChI is InChI=1S/C14H10F2N2O/c15-9-2-4-12-8(5-9)6-13(19-12)14(17)11-3-1-10(16)7-18-11/h1-7,14H,17H2. The Balaban J connectivity index is 2.01. The maximum absolute atomic E-state index is 13.1. The first kappa shape index (κ1) is 11.8. The Bertz CT molecular complexity index is 722. The molecule has 5 heteroatoms. The number of hydrogen-bond donors (Lipinski definition) is 1. The van der Waals surface area contributed by atoms with Crippen LogP contribution in [-0.2, 0) is 0 Å².